The largest absolute Gasteiger partial charge is 0.496 e. The maximum Gasteiger partial charge on any atom is 0.122 e. The summed E-state index contributed by atoms with van der Waals surface area (Å²) in [5, 5.41) is 4.31. The molecule has 0 amide bonds. The highest BCUT2D eigenvalue weighted by Gasteiger charge is 2.21. The fraction of sp³-hybridized carbons (Fsp3) is 0.625. The molecule has 0 bridgehead atoms. The van der Waals surface area contributed by atoms with Gasteiger partial charge in [0, 0.05) is 17.7 Å². The van der Waals surface area contributed by atoms with Gasteiger partial charge < -0.3 is 14.8 Å². The normalized spacial score (nSPS) is 20.1. The minimum Gasteiger partial charge on any atom is -0.496 e. The number of benzene rings is 1. The molecule has 1 heterocycles. The summed E-state index contributed by atoms with van der Waals surface area (Å²) in [6.07, 6.45) is 4.71. The number of nitrogens with one attached hydrogen (secondary N) is 1. The van der Waals surface area contributed by atoms with Crippen molar-refractivity contribution < 1.29 is 9.47 Å². The lowest BCUT2D eigenvalue weighted by Gasteiger charge is -2.22. The van der Waals surface area contributed by atoms with E-state index < -0.39 is 0 Å². The predicted molar refractivity (Wildman–Crippen MR) is 82.8 cm³/mol. The van der Waals surface area contributed by atoms with Crippen LogP contribution in [0.4, 0.5) is 0 Å². The Morgan fingerprint density at radius 3 is 3.00 bits per heavy atom. The van der Waals surface area contributed by atoms with Gasteiger partial charge in [-0.3, -0.25) is 0 Å². The van der Waals surface area contributed by atoms with Gasteiger partial charge in [0.25, 0.3) is 0 Å². The fourth-order valence-electron chi connectivity index (χ4n) is 2.85. The molecule has 0 aromatic heterocycles. The molecular formula is C16H24ClNO2. The van der Waals surface area contributed by atoms with Gasteiger partial charge in [0.05, 0.1) is 13.2 Å². The second-order valence-electron chi connectivity index (χ2n) is 5.29. The third-order valence-electron chi connectivity index (χ3n) is 3.77. The molecule has 0 aliphatic carbocycles. The molecule has 1 N–H and O–H groups in total. The van der Waals surface area contributed by atoms with Crippen molar-refractivity contribution in [1.82, 2.24) is 5.32 Å². The van der Waals surface area contributed by atoms with Crippen LogP contribution in [-0.2, 0) is 11.2 Å². The first-order valence-electron chi connectivity index (χ1n) is 7.40. The number of hydrogen-bond donors (Lipinski definition) is 1. The molecule has 112 valence electrons. The molecule has 0 spiro atoms. The first-order valence-corrected chi connectivity index (χ1v) is 7.78. The van der Waals surface area contributed by atoms with Crippen molar-refractivity contribution in [3.05, 3.63) is 28.8 Å². The Morgan fingerprint density at radius 2 is 2.35 bits per heavy atom. The van der Waals surface area contributed by atoms with E-state index in [2.05, 4.69) is 12.2 Å². The Kier molecular flexibility index (Phi) is 6.14. The van der Waals surface area contributed by atoms with Crippen LogP contribution in [0.2, 0.25) is 5.02 Å². The van der Waals surface area contributed by atoms with E-state index in [9.17, 15) is 0 Å². The molecule has 1 aromatic carbocycles. The van der Waals surface area contributed by atoms with Gasteiger partial charge in [-0.05, 0) is 56.0 Å². The minimum atomic E-state index is 0.393. The van der Waals surface area contributed by atoms with Crippen LogP contribution in [0, 0.1) is 0 Å². The molecule has 2 rings (SSSR count). The Bertz CT molecular complexity index is 419. The average Bonchev–Trinajstić information content (AvgIpc) is 2.92. The number of halogens is 1. The quantitative estimate of drug-likeness (QED) is 0.836. The third-order valence-corrected chi connectivity index (χ3v) is 4.01. The van der Waals surface area contributed by atoms with Crippen molar-refractivity contribution in [1.29, 1.82) is 0 Å². The topological polar surface area (TPSA) is 30.5 Å². The minimum absolute atomic E-state index is 0.393. The summed E-state index contributed by atoms with van der Waals surface area (Å²) in [6, 6.07) is 6.20. The van der Waals surface area contributed by atoms with E-state index in [1.807, 2.05) is 18.2 Å². The van der Waals surface area contributed by atoms with E-state index in [0.717, 1.165) is 42.3 Å². The van der Waals surface area contributed by atoms with E-state index in [1.165, 1.54) is 12.8 Å². The molecule has 4 heteroatoms. The van der Waals surface area contributed by atoms with Gasteiger partial charge in [0.2, 0.25) is 0 Å². The van der Waals surface area contributed by atoms with Gasteiger partial charge in [0.15, 0.2) is 0 Å². The van der Waals surface area contributed by atoms with E-state index in [4.69, 9.17) is 21.1 Å². The zero-order chi connectivity index (χ0) is 14.4. The smallest absolute Gasteiger partial charge is 0.122 e. The maximum absolute atomic E-state index is 6.10. The monoisotopic (exact) mass is 297 g/mol. The number of likely N-dealkylation sites (N-methyl/N-ethyl adjacent to an activating group) is 1. The molecule has 1 aromatic rings. The highest BCUT2D eigenvalue weighted by atomic mass is 35.5. The van der Waals surface area contributed by atoms with E-state index >= 15 is 0 Å². The van der Waals surface area contributed by atoms with Crippen LogP contribution in [0.1, 0.15) is 31.7 Å². The number of hydrogen-bond acceptors (Lipinski definition) is 3. The summed E-state index contributed by atoms with van der Waals surface area (Å²) in [6.45, 7) is 4.00. The van der Waals surface area contributed by atoms with E-state index in [1.54, 1.807) is 7.11 Å². The van der Waals surface area contributed by atoms with Crippen LogP contribution < -0.4 is 10.1 Å². The lowest BCUT2D eigenvalue weighted by Crippen LogP contribution is -2.34. The second-order valence-corrected chi connectivity index (χ2v) is 5.72. The van der Waals surface area contributed by atoms with Gasteiger partial charge in [-0.2, -0.15) is 0 Å². The van der Waals surface area contributed by atoms with E-state index in [-0.39, 0.29) is 0 Å². The zero-order valence-electron chi connectivity index (χ0n) is 12.3. The van der Waals surface area contributed by atoms with Crippen LogP contribution >= 0.6 is 11.6 Å². The summed E-state index contributed by atoms with van der Waals surface area (Å²) in [5.41, 5.74) is 1.16. The Labute approximate surface area is 126 Å². The predicted octanol–water partition coefficient (Wildman–Crippen LogP) is 3.44. The summed E-state index contributed by atoms with van der Waals surface area (Å²) in [4.78, 5) is 0. The van der Waals surface area contributed by atoms with Gasteiger partial charge in [-0.25, -0.2) is 0 Å². The number of methoxy groups -OCH3 is 1. The highest BCUT2D eigenvalue weighted by molar-refractivity contribution is 6.30. The summed E-state index contributed by atoms with van der Waals surface area (Å²) < 4.78 is 11.2. The molecule has 2 atom stereocenters. The molecule has 1 fully saturated rings. The van der Waals surface area contributed by atoms with Crippen molar-refractivity contribution in [3.63, 3.8) is 0 Å². The molecule has 2 unspecified atom stereocenters. The van der Waals surface area contributed by atoms with Crippen LogP contribution in [0.3, 0.4) is 0 Å². The molecule has 3 nitrogen and oxygen atoms in total. The van der Waals surface area contributed by atoms with Crippen molar-refractivity contribution in [2.24, 2.45) is 0 Å². The van der Waals surface area contributed by atoms with Crippen LogP contribution in [0.5, 0.6) is 5.75 Å². The summed E-state index contributed by atoms with van der Waals surface area (Å²) >= 11 is 6.10. The molecule has 1 aliphatic rings. The molecule has 1 aliphatic heterocycles. The first-order chi connectivity index (χ1) is 9.72. The Balaban J connectivity index is 2.04. The molecule has 1 saturated heterocycles. The van der Waals surface area contributed by atoms with Gasteiger partial charge in [-0.1, -0.05) is 18.5 Å². The van der Waals surface area contributed by atoms with Crippen molar-refractivity contribution >= 4 is 11.6 Å². The first kappa shape index (κ1) is 15.6. The molecule has 0 saturated carbocycles. The SMILES string of the molecule is CCNC(Cc1cc(Cl)ccc1OC)CC1CCCO1. The van der Waals surface area contributed by atoms with Crippen molar-refractivity contribution in [2.45, 2.75) is 44.8 Å². The van der Waals surface area contributed by atoms with Gasteiger partial charge in [-0.15, -0.1) is 0 Å². The van der Waals surface area contributed by atoms with Gasteiger partial charge in [0.1, 0.15) is 5.75 Å². The fourth-order valence-corrected chi connectivity index (χ4v) is 3.04. The highest BCUT2D eigenvalue weighted by Crippen LogP contribution is 2.26. The molecular weight excluding hydrogens is 274 g/mol. The zero-order valence-corrected chi connectivity index (χ0v) is 13.1. The Morgan fingerprint density at radius 1 is 1.50 bits per heavy atom. The number of ether oxygens (including phenoxy) is 2. The van der Waals surface area contributed by atoms with Gasteiger partial charge >= 0.3 is 0 Å². The second kappa shape index (κ2) is 7.87. The summed E-state index contributed by atoms with van der Waals surface area (Å²) in [7, 11) is 1.70. The molecule has 20 heavy (non-hydrogen) atoms. The summed E-state index contributed by atoms with van der Waals surface area (Å²) in [5.74, 6) is 0.907. The van der Waals surface area contributed by atoms with E-state index in [0.29, 0.717) is 12.1 Å². The third kappa shape index (κ3) is 4.37. The van der Waals surface area contributed by atoms with Crippen LogP contribution in [-0.4, -0.2) is 32.4 Å². The lowest BCUT2D eigenvalue weighted by atomic mass is 9.98. The molecule has 0 radical (unpaired) electrons. The maximum atomic E-state index is 6.10. The van der Waals surface area contributed by atoms with Crippen molar-refractivity contribution in [3.8, 4) is 5.75 Å². The van der Waals surface area contributed by atoms with Crippen LogP contribution in [0.25, 0.3) is 0 Å². The standard InChI is InChI=1S/C16H24ClNO2/c1-3-18-14(11-15-5-4-8-20-15)10-12-9-13(17)6-7-16(12)19-2/h6-7,9,14-15,18H,3-5,8,10-11H2,1-2H3. The average molecular weight is 298 g/mol. The Hall–Kier alpha value is -0.770. The lowest BCUT2D eigenvalue weighted by molar-refractivity contribution is 0.0947. The van der Waals surface area contributed by atoms with Crippen LogP contribution in [0.15, 0.2) is 18.2 Å². The van der Waals surface area contributed by atoms with Crippen molar-refractivity contribution in [2.75, 3.05) is 20.3 Å². The number of rotatable bonds is 7.